The molecule has 236 valence electrons. The van der Waals surface area contributed by atoms with E-state index in [-0.39, 0.29) is 49.7 Å². The Morgan fingerprint density at radius 3 is 2.57 bits per heavy atom. The van der Waals surface area contributed by atoms with E-state index in [1.807, 2.05) is 49.4 Å². The van der Waals surface area contributed by atoms with Crippen molar-refractivity contribution >= 4 is 40.0 Å². The van der Waals surface area contributed by atoms with E-state index in [4.69, 9.17) is 4.74 Å². The molecule has 4 amide bonds. The summed E-state index contributed by atoms with van der Waals surface area (Å²) in [5, 5.41) is 17.2. The number of carbonyl (C=O) groups is 3. The minimum atomic E-state index is -4.46. The largest absolute Gasteiger partial charge is 0.488 e. The molecule has 0 fully saturated rings. The molecule has 9 nitrogen and oxygen atoms in total. The number of alkyl halides is 3. The number of urea groups is 1. The van der Waals surface area contributed by atoms with Crippen LogP contribution < -0.4 is 15.4 Å². The number of fused-ring (bicyclic) bond motifs is 2. The van der Waals surface area contributed by atoms with Crippen LogP contribution in [0.3, 0.4) is 0 Å². The van der Waals surface area contributed by atoms with Crippen molar-refractivity contribution < 1.29 is 37.4 Å². The number of anilines is 2. The van der Waals surface area contributed by atoms with Gasteiger partial charge in [-0.25, -0.2) is 4.79 Å². The number of benzene rings is 3. The number of aliphatic hydroxyl groups excluding tert-OH is 1. The maximum Gasteiger partial charge on any atom is 0.389 e. The lowest BCUT2D eigenvalue weighted by Crippen LogP contribution is -2.48. The molecule has 44 heavy (non-hydrogen) atoms. The molecule has 3 atom stereocenters. The predicted octanol–water partition coefficient (Wildman–Crippen LogP) is 5.43. The third-order valence-corrected chi connectivity index (χ3v) is 7.67. The van der Waals surface area contributed by atoms with Crippen LogP contribution in [0.1, 0.15) is 32.3 Å². The van der Waals surface area contributed by atoms with Crippen molar-refractivity contribution in [1.29, 1.82) is 0 Å². The SMILES string of the molecule is C[C@H]1CN([C@@H](C)CO)C(=O)Cc2cc(NC(=O)CCC(F)(F)F)ccc2O[C@@H]1CN(C)C(=O)Nc1cccc2ccccc12. The van der Waals surface area contributed by atoms with Gasteiger partial charge in [-0.05, 0) is 36.6 Å². The minimum absolute atomic E-state index is 0.122. The zero-order valence-electron chi connectivity index (χ0n) is 24.9. The van der Waals surface area contributed by atoms with Gasteiger partial charge < -0.3 is 30.3 Å². The first-order chi connectivity index (χ1) is 20.8. The highest BCUT2D eigenvalue weighted by Crippen LogP contribution is 2.30. The van der Waals surface area contributed by atoms with E-state index in [2.05, 4.69) is 10.6 Å². The number of halogens is 3. The number of ether oxygens (including phenoxy) is 1. The van der Waals surface area contributed by atoms with Crippen LogP contribution in [0, 0.1) is 5.92 Å². The van der Waals surface area contributed by atoms with E-state index < -0.39 is 37.1 Å². The van der Waals surface area contributed by atoms with E-state index in [0.717, 1.165) is 10.8 Å². The van der Waals surface area contributed by atoms with Gasteiger partial charge in [-0.3, -0.25) is 9.59 Å². The van der Waals surface area contributed by atoms with Gasteiger partial charge in [0.05, 0.1) is 37.7 Å². The van der Waals surface area contributed by atoms with Gasteiger partial charge in [-0.1, -0.05) is 43.3 Å². The van der Waals surface area contributed by atoms with Gasteiger partial charge in [0.25, 0.3) is 0 Å². The summed E-state index contributed by atoms with van der Waals surface area (Å²) >= 11 is 0. The summed E-state index contributed by atoms with van der Waals surface area (Å²) in [6, 6.07) is 17.0. The summed E-state index contributed by atoms with van der Waals surface area (Å²) in [7, 11) is 1.64. The summed E-state index contributed by atoms with van der Waals surface area (Å²) in [5.74, 6) is -1.01. The molecule has 3 N–H and O–H groups in total. The molecule has 0 saturated carbocycles. The van der Waals surface area contributed by atoms with Crippen molar-refractivity contribution in [3.63, 3.8) is 0 Å². The number of aliphatic hydroxyl groups is 1. The van der Waals surface area contributed by atoms with Crippen molar-refractivity contribution in [2.24, 2.45) is 5.92 Å². The minimum Gasteiger partial charge on any atom is -0.488 e. The van der Waals surface area contributed by atoms with Crippen LogP contribution in [-0.4, -0.2) is 77.8 Å². The standard InChI is InChI=1S/C32H37F3N4O5/c1-20-17-39(21(2)19-40)30(42)16-23-15-24(36-29(41)13-14-32(33,34)35)11-12-27(23)44-28(20)18-38(3)31(43)37-26-10-6-8-22-7-4-5-9-25(22)26/h4-12,15,20-21,28,40H,13-14,16-19H2,1-3H3,(H,36,41)(H,37,43)/t20-,21-,28+/m0/s1. The molecule has 0 aliphatic carbocycles. The Hall–Kier alpha value is -4.32. The molecular formula is C32H37F3N4O5. The molecule has 4 rings (SSSR count). The Bertz CT molecular complexity index is 1490. The van der Waals surface area contributed by atoms with Crippen LogP contribution in [-0.2, 0) is 16.0 Å². The molecule has 0 spiro atoms. The first-order valence-corrected chi connectivity index (χ1v) is 14.4. The number of likely N-dealkylation sites (N-methyl/N-ethyl adjacent to an activating group) is 1. The van der Waals surface area contributed by atoms with E-state index in [1.54, 1.807) is 24.9 Å². The molecule has 0 radical (unpaired) electrons. The Morgan fingerprint density at radius 2 is 1.84 bits per heavy atom. The molecule has 12 heteroatoms. The molecule has 3 aromatic rings. The highest BCUT2D eigenvalue weighted by molar-refractivity contribution is 6.01. The smallest absolute Gasteiger partial charge is 0.389 e. The molecular weight excluding hydrogens is 577 g/mol. The van der Waals surface area contributed by atoms with Gasteiger partial charge in [0.1, 0.15) is 11.9 Å². The average Bonchev–Trinajstić information content (AvgIpc) is 3.02. The lowest BCUT2D eigenvalue weighted by Gasteiger charge is -2.34. The Labute approximate surface area is 254 Å². The number of carbonyl (C=O) groups excluding carboxylic acids is 3. The van der Waals surface area contributed by atoms with E-state index in [1.165, 1.54) is 17.0 Å². The molecule has 0 bridgehead atoms. The third kappa shape index (κ3) is 8.40. The van der Waals surface area contributed by atoms with Crippen molar-refractivity contribution in [3.8, 4) is 5.75 Å². The molecule has 1 heterocycles. The van der Waals surface area contributed by atoms with Crippen LogP contribution in [0.5, 0.6) is 5.75 Å². The molecule has 1 aliphatic heterocycles. The van der Waals surface area contributed by atoms with Crippen molar-refractivity contribution in [2.75, 3.05) is 37.4 Å². The van der Waals surface area contributed by atoms with Crippen LogP contribution >= 0.6 is 0 Å². The summed E-state index contributed by atoms with van der Waals surface area (Å²) in [6.45, 7) is 3.76. The van der Waals surface area contributed by atoms with Crippen LogP contribution in [0.15, 0.2) is 60.7 Å². The van der Waals surface area contributed by atoms with Crippen LogP contribution in [0.4, 0.5) is 29.3 Å². The number of hydrogen-bond donors (Lipinski definition) is 3. The summed E-state index contributed by atoms with van der Waals surface area (Å²) < 4.78 is 44.1. The van der Waals surface area contributed by atoms with Crippen LogP contribution in [0.2, 0.25) is 0 Å². The monoisotopic (exact) mass is 614 g/mol. The fraction of sp³-hybridized carbons (Fsp3) is 0.406. The number of hydrogen-bond acceptors (Lipinski definition) is 5. The maximum atomic E-state index is 13.4. The van der Waals surface area contributed by atoms with Gasteiger partial charge in [0, 0.05) is 42.6 Å². The van der Waals surface area contributed by atoms with Crippen LogP contribution in [0.25, 0.3) is 10.8 Å². The molecule has 0 aromatic heterocycles. The highest BCUT2D eigenvalue weighted by atomic mass is 19.4. The molecule has 0 saturated heterocycles. The predicted molar refractivity (Wildman–Crippen MR) is 162 cm³/mol. The zero-order valence-corrected chi connectivity index (χ0v) is 24.9. The van der Waals surface area contributed by atoms with E-state index in [0.29, 0.717) is 17.0 Å². The van der Waals surface area contributed by atoms with Crippen molar-refractivity contribution in [2.45, 2.75) is 51.4 Å². The molecule has 1 aliphatic rings. The summed E-state index contributed by atoms with van der Waals surface area (Å²) in [4.78, 5) is 41.9. The first kappa shape index (κ1) is 32.6. The summed E-state index contributed by atoms with van der Waals surface area (Å²) in [6.07, 6.45) is -7.14. The lowest BCUT2D eigenvalue weighted by molar-refractivity contribution is -0.142. The van der Waals surface area contributed by atoms with Crippen molar-refractivity contribution in [3.05, 3.63) is 66.2 Å². The quantitative estimate of drug-likeness (QED) is 0.313. The Kier molecular flexibility index (Phi) is 10.4. The van der Waals surface area contributed by atoms with Gasteiger partial charge in [0.15, 0.2) is 0 Å². The highest BCUT2D eigenvalue weighted by Gasteiger charge is 2.32. The topological polar surface area (TPSA) is 111 Å². The fourth-order valence-electron chi connectivity index (χ4n) is 5.10. The maximum absolute atomic E-state index is 13.4. The first-order valence-electron chi connectivity index (χ1n) is 14.4. The van der Waals surface area contributed by atoms with Gasteiger partial charge in [-0.2, -0.15) is 13.2 Å². The van der Waals surface area contributed by atoms with Crippen molar-refractivity contribution in [1.82, 2.24) is 9.80 Å². The van der Waals surface area contributed by atoms with E-state index >= 15 is 0 Å². The zero-order chi connectivity index (χ0) is 32.0. The average molecular weight is 615 g/mol. The fourth-order valence-corrected chi connectivity index (χ4v) is 5.10. The van der Waals surface area contributed by atoms with E-state index in [9.17, 15) is 32.7 Å². The Balaban J connectivity index is 1.56. The van der Waals surface area contributed by atoms with Gasteiger partial charge >= 0.3 is 12.2 Å². The summed E-state index contributed by atoms with van der Waals surface area (Å²) in [5.41, 5.74) is 1.30. The third-order valence-electron chi connectivity index (χ3n) is 7.67. The number of rotatable bonds is 8. The molecule has 3 aromatic carbocycles. The second kappa shape index (κ2) is 14.0. The molecule has 0 unspecified atom stereocenters. The van der Waals surface area contributed by atoms with Gasteiger partial charge in [0.2, 0.25) is 11.8 Å². The second-order valence-electron chi connectivity index (χ2n) is 11.2. The number of nitrogens with zero attached hydrogens (tertiary/aromatic N) is 2. The second-order valence-corrected chi connectivity index (χ2v) is 11.2. The van der Waals surface area contributed by atoms with Gasteiger partial charge in [-0.15, -0.1) is 0 Å². The Morgan fingerprint density at radius 1 is 1.11 bits per heavy atom. The lowest BCUT2D eigenvalue weighted by atomic mass is 10.0. The normalized spacial score (nSPS) is 17.9. The number of nitrogens with one attached hydrogen (secondary N) is 2. The number of amides is 4.